The van der Waals surface area contributed by atoms with Crippen molar-refractivity contribution in [1.29, 1.82) is 10.5 Å². The van der Waals surface area contributed by atoms with Crippen molar-refractivity contribution in [3.63, 3.8) is 0 Å². The monoisotopic (exact) mass is 673 g/mol. The average molecular weight is 673 g/mol. The van der Waals surface area contributed by atoms with E-state index in [4.69, 9.17) is 19.8 Å². The number of H-pyrrole nitrogens is 1. The first-order valence-corrected chi connectivity index (χ1v) is 11.9. The molecular formula is C26H12F9N7O5. The highest BCUT2D eigenvalue weighted by Crippen LogP contribution is 2.43. The SMILES string of the molecule is N#Cc1cc(OC(F)(F)F)cc(C#N)c1-c1nc2c([nH]1)-c1ccncc1Nc1ncccc1-2.O=C(O)C(F)(F)F.O=C(O)C(F)(F)F. The van der Waals surface area contributed by atoms with Crippen molar-refractivity contribution in [3.8, 4) is 51.8 Å². The second kappa shape index (κ2) is 13.3. The molecule has 4 heterocycles. The number of alkyl halides is 9. The summed E-state index contributed by atoms with van der Waals surface area (Å²) in [7, 11) is 0. The zero-order valence-corrected chi connectivity index (χ0v) is 22.4. The third kappa shape index (κ3) is 8.63. The Hall–Kier alpha value is -6.38. The first-order chi connectivity index (χ1) is 21.8. The van der Waals surface area contributed by atoms with Crippen LogP contribution in [0.1, 0.15) is 11.1 Å². The molecule has 3 aromatic heterocycles. The number of nitriles is 2. The van der Waals surface area contributed by atoms with Crippen LogP contribution in [0.15, 0.2) is 48.9 Å². The number of rotatable bonds is 2. The standard InChI is InChI=1S/C22H10F3N7O.2C2HF3O2/c23-22(24,25)33-13-6-11(8-26)17(12(7-13)9-27)21-31-18-14-3-5-28-10-16(14)30-20-15(19(18)32-21)2-1-4-29-20;2*3-2(4,5)1(6)7/h1-7,10H,(H,29,30)(H,31,32);2*(H,6,7). The molecular weight excluding hydrogens is 661 g/mol. The van der Waals surface area contributed by atoms with Gasteiger partial charge in [-0.1, -0.05) is 0 Å². The number of anilines is 2. The normalized spacial score (nSPS) is 11.6. The molecule has 0 atom stereocenters. The molecule has 4 aromatic rings. The maximum Gasteiger partial charge on any atom is 0.573 e. The number of carbonyl (C=O) groups is 2. The highest BCUT2D eigenvalue weighted by atomic mass is 19.4. The average Bonchev–Trinajstić information content (AvgIpc) is 3.35. The van der Waals surface area contributed by atoms with Crippen molar-refractivity contribution < 1.29 is 64.1 Å². The van der Waals surface area contributed by atoms with Gasteiger partial charge in [-0.15, -0.1) is 13.2 Å². The van der Waals surface area contributed by atoms with Crippen LogP contribution in [0.4, 0.5) is 51.0 Å². The van der Waals surface area contributed by atoms with Crippen molar-refractivity contribution >= 4 is 23.4 Å². The van der Waals surface area contributed by atoms with E-state index < -0.39 is 36.4 Å². The van der Waals surface area contributed by atoms with Gasteiger partial charge >= 0.3 is 30.7 Å². The number of hydrogen-bond acceptors (Lipinski definition) is 9. The second-order valence-corrected chi connectivity index (χ2v) is 8.53. The number of aliphatic carboxylic acids is 2. The van der Waals surface area contributed by atoms with Crippen LogP contribution >= 0.6 is 0 Å². The summed E-state index contributed by atoms with van der Waals surface area (Å²) >= 11 is 0. The number of ether oxygens (including phenoxy) is 1. The number of hydrogen-bond donors (Lipinski definition) is 4. The number of carboxylic acids is 2. The molecule has 21 heteroatoms. The first kappa shape index (κ1) is 35.1. The molecule has 12 nitrogen and oxygen atoms in total. The lowest BCUT2D eigenvalue weighted by Gasteiger charge is -2.12. The van der Waals surface area contributed by atoms with E-state index in [1.807, 2.05) is 12.1 Å². The molecule has 1 aromatic carbocycles. The number of fused-ring (bicyclic) bond motifs is 5. The van der Waals surface area contributed by atoms with E-state index in [1.165, 1.54) is 0 Å². The fourth-order valence-corrected chi connectivity index (χ4v) is 3.66. The van der Waals surface area contributed by atoms with E-state index in [2.05, 4.69) is 30.0 Å². The lowest BCUT2D eigenvalue weighted by atomic mass is 10.0. The van der Waals surface area contributed by atoms with Gasteiger partial charge < -0.3 is 25.3 Å². The van der Waals surface area contributed by atoms with Crippen molar-refractivity contribution in [3.05, 3.63) is 60.0 Å². The lowest BCUT2D eigenvalue weighted by Crippen LogP contribution is -2.21. The Labute approximate surface area is 254 Å². The number of nitrogens with one attached hydrogen (secondary N) is 2. The summed E-state index contributed by atoms with van der Waals surface area (Å²) in [6.45, 7) is 0. The van der Waals surface area contributed by atoms with Crippen LogP contribution < -0.4 is 10.1 Å². The van der Waals surface area contributed by atoms with Crippen LogP contribution in [-0.4, -0.2) is 60.8 Å². The number of carboxylic acid groups (broad SMARTS) is 2. The van der Waals surface area contributed by atoms with Gasteiger partial charge in [0.05, 0.1) is 34.3 Å². The van der Waals surface area contributed by atoms with E-state index in [9.17, 15) is 50.0 Å². The Bertz CT molecular complexity index is 1780. The summed E-state index contributed by atoms with van der Waals surface area (Å²) in [5.41, 5.74) is 2.76. The Kier molecular flexibility index (Phi) is 9.94. The fourth-order valence-electron chi connectivity index (χ4n) is 3.66. The van der Waals surface area contributed by atoms with Gasteiger partial charge in [0.1, 0.15) is 35.2 Å². The fraction of sp³-hybridized carbons (Fsp3) is 0.115. The molecule has 0 amide bonds. The first-order valence-electron chi connectivity index (χ1n) is 11.9. The van der Waals surface area contributed by atoms with Crippen LogP contribution in [0.2, 0.25) is 0 Å². The van der Waals surface area contributed by atoms with Gasteiger partial charge in [0.2, 0.25) is 0 Å². The molecule has 244 valence electrons. The second-order valence-electron chi connectivity index (χ2n) is 8.53. The van der Waals surface area contributed by atoms with Gasteiger partial charge in [0.15, 0.2) is 0 Å². The minimum Gasteiger partial charge on any atom is -0.475 e. The highest BCUT2D eigenvalue weighted by Gasteiger charge is 2.39. The predicted molar refractivity (Wildman–Crippen MR) is 137 cm³/mol. The molecule has 4 N–H and O–H groups in total. The minimum absolute atomic E-state index is 0.0663. The number of halogens is 9. The summed E-state index contributed by atoms with van der Waals surface area (Å²) in [5, 5.41) is 36.7. The molecule has 0 saturated carbocycles. The number of pyridine rings is 2. The highest BCUT2D eigenvalue weighted by molar-refractivity contribution is 5.95. The van der Waals surface area contributed by atoms with Gasteiger partial charge in [-0.25, -0.2) is 19.6 Å². The van der Waals surface area contributed by atoms with Crippen molar-refractivity contribution in [2.45, 2.75) is 18.7 Å². The Morgan fingerprint density at radius 2 is 1.40 bits per heavy atom. The third-order valence-corrected chi connectivity index (χ3v) is 5.42. The summed E-state index contributed by atoms with van der Waals surface area (Å²) in [5.74, 6) is -5.51. The van der Waals surface area contributed by atoms with Crippen molar-refractivity contribution in [2.24, 2.45) is 0 Å². The van der Waals surface area contributed by atoms with E-state index in [0.717, 1.165) is 12.1 Å². The van der Waals surface area contributed by atoms with E-state index in [1.54, 1.807) is 36.8 Å². The van der Waals surface area contributed by atoms with Crippen LogP contribution in [0.25, 0.3) is 33.9 Å². The molecule has 0 fully saturated rings. The predicted octanol–water partition coefficient (Wildman–Crippen LogP) is 6.17. The van der Waals surface area contributed by atoms with Crippen LogP contribution in [0, 0.1) is 22.7 Å². The molecule has 0 saturated heterocycles. The summed E-state index contributed by atoms with van der Waals surface area (Å²) in [6.07, 6.45) is -10.3. The maximum atomic E-state index is 12.7. The molecule has 47 heavy (non-hydrogen) atoms. The number of aromatic amines is 1. The summed E-state index contributed by atoms with van der Waals surface area (Å²) in [4.78, 5) is 34.0. The molecule has 1 aliphatic heterocycles. The third-order valence-electron chi connectivity index (χ3n) is 5.42. The molecule has 0 spiro atoms. The maximum absolute atomic E-state index is 12.7. The lowest BCUT2D eigenvalue weighted by molar-refractivity contribution is -0.274. The van der Waals surface area contributed by atoms with Gasteiger partial charge in [-0.2, -0.15) is 36.9 Å². The van der Waals surface area contributed by atoms with Crippen molar-refractivity contribution in [1.82, 2.24) is 19.9 Å². The van der Waals surface area contributed by atoms with Gasteiger partial charge in [-0.05, 0) is 30.3 Å². The van der Waals surface area contributed by atoms with Crippen LogP contribution in [-0.2, 0) is 9.59 Å². The molecule has 0 aliphatic carbocycles. The van der Waals surface area contributed by atoms with E-state index in [-0.39, 0.29) is 22.5 Å². The minimum atomic E-state index is -5.08. The van der Waals surface area contributed by atoms with Gasteiger partial charge in [0, 0.05) is 23.5 Å². The number of imidazole rings is 1. The van der Waals surface area contributed by atoms with Gasteiger partial charge in [0.25, 0.3) is 0 Å². The van der Waals surface area contributed by atoms with Crippen molar-refractivity contribution in [2.75, 3.05) is 5.32 Å². The topological polar surface area (TPSA) is 198 Å². The smallest absolute Gasteiger partial charge is 0.475 e. The van der Waals surface area contributed by atoms with E-state index >= 15 is 0 Å². The molecule has 0 radical (unpaired) electrons. The van der Waals surface area contributed by atoms with Crippen LogP contribution in [0.3, 0.4) is 0 Å². The Morgan fingerprint density at radius 1 is 0.851 bits per heavy atom. The summed E-state index contributed by atoms with van der Waals surface area (Å²) in [6, 6.07) is 10.8. The Morgan fingerprint density at radius 3 is 1.89 bits per heavy atom. The molecule has 5 rings (SSSR count). The molecule has 0 bridgehead atoms. The van der Waals surface area contributed by atoms with Gasteiger partial charge in [-0.3, -0.25) is 4.98 Å². The largest absolute Gasteiger partial charge is 0.573 e. The number of benzene rings is 1. The Balaban J connectivity index is 0.000000360. The molecule has 0 unspecified atom stereocenters. The van der Waals surface area contributed by atoms with E-state index in [0.29, 0.717) is 34.0 Å². The number of aromatic nitrogens is 4. The number of nitrogens with zero attached hydrogens (tertiary/aromatic N) is 5. The molecule has 1 aliphatic rings. The van der Waals surface area contributed by atoms with Crippen LogP contribution in [0.5, 0.6) is 5.75 Å². The zero-order chi connectivity index (χ0) is 35.3. The quantitative estimate of drug-likeness (QED) is 0.156. The zero-order valence-electron chi connectivity index (χ0n) is 22.4. The summed E-state index contributed by atoms with van der Waals surface area (Å²) < 4.78 is 105.